The number of piperazine rings is 1. The van der Waals surface area contributed by atoms with Crippen molar-refractivity contribution in [1.29, 1.82) is 0 Å². The highest BCUT2D eigenvalue weighted by molar-refractivity contribution is 5.86. The number of likely N-dealkylation sites (N-methyl/N-ethyl adjacent to an activating group) is 1. The van der Waals surface area contributed by atoms with E-state index >= 15 is 0 Å². The van der Waals surface area contributed by atoms with Crippen LogP contribution in [0, 0.1) is 5.92 Å². The Morgan fingerprint density at radius 2 is 1.57 bits per heavy atom. The second kappa shape index (κ2) is 10.8. The van der Waals surface area contributed by atoms with Gasteiger partial charge in [0.25, 0.3) is 0 Å². The number of nitrogens with one attached hydrogen (secondary N) is 1. The number of fused-ring (bicyclic) bond motifs is 1. The third-order valence-electron chi connectivity index (χ3n) is 7.99. The lowest BCUT2D eigenvalue weighted by molar-refractivity contribution is -0.126. The Kier molecular flexibility index (Phi) is 7.35. The quantitative estimate of drug-likeness (QED) is 0.568. The van der Waals surface area contributed by atoms with Gasteiger partial charge in [0.05, 0.1) is 0 Å². The standard InChI is InChI=1S/C30H38N4O/c1-23(28-9-5-7-25-6-3-4-8-29(25)28)33-16-14-26(15-17-33)30(35)31-22-24-10-12-27(13-11-24)34-20-18-32(2)19-21-34/h3-13,23,26H,14-22H2,1-2H3,(H,31,35). The molecule has 1 unspecified atom stereocenters. The summed E-state index contributed by atoms with van der Waals surface area (Å²) in [5.41, 5.74) is 3.82. The highest BCUT2D eigenvalue weighted by atomic mass is 16.1. The third-order valence-corrected chi connectivity index (χ3v) is 7.99. The van der Waals surface area contributed by atoms with Gasteiger partial charge in [0.15, 0.2) is 0 Å². The van der Waals surface area contributed by atoms with Crippen molar-refractivity contribution in [3.05, 3.63) is 77.9 Å². The summed E-state index contributed by atoms with van der Waals surface area (Å²) in [6.45, 7) is 9.19. The molecular weight excluding hydrogens is 432 g/mol. The molecule has 3 aromatic carbocycles. The molecule has 35 heavy (non-hydrogen) atoms. The fourth-order valence-corrected chi connectivity index (χ4v) is 5.58. The van der Waals surface area contributed by atoms with Gasteiger partial charge < -0.3 is 15.1 Å². The van der Waals surface area contributed by atoms with Crippen LogP contribution in [0.2, 0.25) is 0 Å². The summed E-state index contributed by atoms with van der Waals surface area (Å²) in [5.74, 6) is 0.307. The maximum absolute atomic E-state index is 12.9. The Morgan fingerprint density at radius 3 is 2.31 bits per heavy atom. The fraction of sp³-hybridized carbons (Fsp3) is 0.433. The van der Waals surface area contributed by atoms with Gasteiger partial charge in [-0.1, -0.05) is 54.6 Å². The molecule has 0 radical (unpaired) electrons. The van der Waals surface area contributed by atoms with E-state index in [1.54, 1.807) is 0 Å². The lowest BCUT2D eigenvalue weighted by Crippen LogP contribution is -2.44. The largest absolute Gasteiger partial charge is 0.369 e. The first-order valence-electron chi connectivity index (χ1n) is 13.1. The predicted molar refractivity (Wildman–Crippen MR) is 145 cm³/mol. The van der Waals surface area contributed by atoms with Gasteiger partial charge in [0.1, 0.15) is 0 Å². The van der Waals surface area contributed by atoms with Gasteiger partial charge >= 0.3 is 0 Å². The Balaban J connectivity index is 1.11. The second-order valence-corrected chi connectivity index (χ2v) is 10.2. The highest BCUT2D eigenvalue weighted by Gasteiger charge is 2.28. The van der Waals surface area contributed by atoms with Crippen molar-refractivity contribution in [2.75, 3.05) is 51.2 Å². The van der Waals surface area contributed by atoms with Crippen LogP contribution >= 0.6 is 0 Å². The Labute approximate surface area is 209 Å². The van der Waals surface area contributed by atoms with E-state index in [0.29, 0.717) is 12.6 Å². The van der Waals surface area contributed by atoms with E-state index in [4.69, 9.17) is 0 Å². The third kappa shape index (κ3) is 5.52. The zero-order chi connectivity index (χ0) is 24.2. The molecule has 0 aliphatic carbocycles. The summed E-state index contributed by atoms with van der Waals surface area (Å²) in [6, 6.07) is 24.3. The number of rotatable bonds is 6. The number of benzene rings is 3. The number of hydrogen-bond donors (Lipinski definition) is 1. The van der Waals surface area contributed by atoms with Gasteiger partial charge in [0, 0.05) is 50.4 Å². The summed E-state index contributed by atoms with van der Waals surface area (Å²) in [4.78, 5) is 20.2. The molecule has 1 atom stereocenters. The molecule has 0 spiro atoms. The lowest BCUT2D eigenvalue weighted by Gasteiger charge is -2.36. The molecule has 1 N–H and O–H groups in total. The number of carbonyl (C=O) groups is 1. The number of likely N-dealkylation sites (tertiary alicyclic amines) is 1. The zero-order valence-corrected chi connectivity index (χ0v) is 21.1. The molecule has 2 fully saturated rings. The maximum Gasteiger partial charge on any atom is 0.223 e. The molecule has 2 aliphatic heterocycles. The number of amides is 1. The van der Waals surface area contributed by atoms with Crippen molar-refractivity contribution >= 4 is 22.4 Å². The van der Waals surface area contributed by atoms with Gasteiger partial charge in [-0.05, 0) is 73.9 Å². The van der Waals surface area contributed by atoms with Crippen LogP contribution in [0.4, 0.5) is 5.69 Å². The van der Waals surface area contributed by atoms with Crippen molar-refractivity contribution in [2.24, 2.45) is 5.92 Å². The van der Waals surface area contributed by atoms with Crippen molar-refractivity contribution < 1.29 is 4.79 Å². The molecule has 0 saturated carbocycles. The van der Waals surface area contributed by atoms with E-state index < -0.39 is 0 Å². The van der Waals surface area contributed by atoms with Gasteiger partial charge in [-0.15, -0.1) is 0 Å². The molecule has 3 aromatic rings. The first-order chi connectivity index (χ1) is 17.1. The molecule has 0 aromatic heterocycles. The van der Waals surface area contributed by atoms with E-state index in [1.807, 2.05) is 0 Å². The minimum atomic E-state index is 0.107. The minimum Gasteiger partial charge on any atom is -0.369 e. The number of hydrogen-bond acceptors (Lipinski definition) is 4. The van der Waals surface area contributed by atoms with Gasteiger partial charge in [-0.25, -0.2) is 0 Å². The average molecular weight is 471 g/mol. The average Bonchev–Trinajstić information content (AvgIpc) is 2.92. The smallest absolute Gasteiger partial charge is 0.223 e. The van der Waals surface area contributed by atoms with Crippen molar-refractivity contribution in [2.45, 2.75) is 32.4 Å². The fourth-order valence-electron chi connectivity index (χ4n) is 5.58. The van der Waals surface area contributed by atoms with Gasteiger partial charge in [0.2, 0.25) is 5.91 Å². The molecule has 5 heteroatoms. The molecule has 2 saturated heterocycles. The summed E-state index contributed by atoms with van der Waals surface area (Å²) in [6.07, 6.45) is 1.84. The maximum atomic E-state index is 12.9. The molecule has 5 nitrogen and oxygen atoms in total. The first-order valence-corrected chi connectivity index (χ1v) is 13.1. The summed E-state index contributed by atoms with van der Waals surface area (Å²) < 4.78 is 0. The van der Waals surface area contributed by atoms with Crippen molar-refractivity contribution in [3.63, 3.8) is 0 Å². The van der Waals surface area contributed by atoms with E-state index in [9.17, 15) is 4.79 Å². The van der Waals surface area contributed by atoms with Gasteiger partial charge in [-0.3, -0.25) is 9.69 Å². The normalized spacial score (nSPS) is 19.1. The molecule has 1 amide bonds. The first kappa shape index (κ1) is 23.8. The molecule has 0 bridgehead atoms. The summed E-state index contributed by atoms with van der Waals surface area (Å²) >= 11 is 0. The van der Waals surface area contributed by atoms with Crippen molar-refractivity contribution in [3.8, 4) is 0 Å². The number of anilines is 1. The monoisotopic (exact) mass is 470 g/mol. The van der Waals surface area contributed by atoms with Gasteiger partial charge in [-0.2, -0.15) is 0 Å². The van der Waals surface area contributed by atoms with Crippen LogP contribution < -0.4 is 10.2 Å². The Hall–Kier alpha value is -2.89. The van der Waals surface area contributed by atoms with E-state index in [1.165, 1.54) is 27.6 Å². The summed E-state index contributed by atoms with van der Waals surface area (Å²) in [7, 11) is 2.18. The summed E-state index contributed by atoms with van der Waals surface area (Å²) in [5, 5.41) is 5.82. The van der Waals surface area contributed by atoms with Crippen LogP contribution in [0.25, 0.3) is 10.8 Å². The van der Waals surface area contributed by atoms with E-state index in [2.05, 4.69) is 101 Å². The number of carbonyl (C=O) groups excluding carboxylic acids is 1. The van der Waals surface area contributed by atoms with E-state index in [0.717, 1.165) is 52.1 Å². The van der Waals surface area contributed by atoms with Crippen molar-refractivity contribution in [1.82, 2.24) is 15.1 Å². The SMILES string of the molecule is CC(c1cccc2ccccc12)N1CCC(C(=O)NCc2ccc(N3CCN(C)CC3)cc2)CC1. The van der Waals surface area contributed by atoms with Crippen LogP contribution in [-0.2, 0) is 11.3 Å². The Morgan fingerprint density at radius 1 is 0.886 bits per heavy atom. The molecule has 2 aliphatic rings. The topological polar surface area (TPSA) is 38.8 Å². The number of nitrogens with zero attached hydrogens (tertiary/aromatic N) is 3. The van der Waals surface area contributed by atoms with Crippen LogP contribution in [0.1, 0.15) is 36.9 Å². The van der Waals surface area contributed by atoms with Crippen LogP contribution in [-0.4, -0.2) is 62.0 Å². The minimum absolute atomic E-state index is 0.107. The van der Waals surface area contributed by atoms with Crippen LogP contribution in [0.15, 0.2) is 66.7 Å². The lowest BCUT2D eigenvalue weighted by atomic mass is 9.92. The second-order valence-electron chi connectivity index (χ2n) is 10.2. The molecule has 5 rings (SSSR count). The highest BCUT2D eigenvalue weighted by Crippen LogP contribution is 2.31. The molecule has 2 heterocycles. The Bertz CT molecular complexity index is 1120. The molecular formula is C30H38N4O. The molecule has 184 valence electrons. The predicted octanol–water partition coefficient (Wildman–Crippen LogP) is 4.68. The van der Waals surface area contributed by atoms with Crippen LogP contribution in [0.5, 0.6) is 0 Å². The number of piperidine rings is 1. The van der Waals surface area contributed by atoms with E-state index in [-0.39, 0.29) is 11.8 Å². The zero-order valence-electron chi connectivity index (χ0n) is 21.1. The van der Waals surface area contributed by atoms with Crippen LogP contribution in [0.3, 0.4) is 0 Å².